The minimum Gasteiger partial charge on any atom is -0.482 e. The Bertz CT molecular complexity index is 223. The fraction of sp³-hybridized carbons (Fsp3) is 0.667. The molecule has 0 radical (unpaired) electrons. The molecule has 0 saturated carbocycles. The molecular weight excluding hydrogens is 218 g/mol. The van der Waals surface area contributed by atoms with Crippen LogP contribution in [0.15, 0.2) is 16.3 Å². The smallest absolute Gasteiger partial charge is 0.262 e. The molecule has 1 rings (SSSR count). The summed E-state index contributed by atoms with van der Waals surface area (Å²) in [5.41, 5.74) is 0. The number of nitrogens with zero attached hydrogens (tertiary/aromatic N) is 1. The van der Waals surface area contributed by atoms with E-state index in [0.717, 1.165) is 5.09 Å². The molecule has 0 spiro atoms. The van der Waals surface area contributed by atoms with E-state index < -0.39 is 0 Å². The summed E-state index contributed by atoms with van der Waals surface area (Å²) < 4.78 is 10.9. The molecule has 0 fully saturated rings. The first kappa shape index (κ1) is 11.8. The van der Waals surface area contributed by atoms with Gasteiger partial charge >= 0.3 is 0 Å². The lowest BCUT2D eigenvalue weighted by molar-refractivity contribution is 0.169. The van der Waals surface area contributed by atoms with Crippen molar-refractivity contribution in [1.82, 2.24) is 0 Å². The topological polar surface area (TPSA) is 30.8 Å². The average molecular weight is 233 g/mol. The molecule has 0 atom stereocenters. The molecule has 1 aliphatic rings. The zero-order valence-corrected chi connectivity index (χ0v) is 10.4. The van der Waals surface area contributed by atoms with Gasteiger partial charge in [-0.25, -0.2) is 4.99 Å². The van der Waals surface area contributed by atoms with Crippen molar-refractivity contribution in [2.45, 2.75) is 39.9 Å². The number of hydrogen-bond donors (Lipinski definition) is 0. The molecular formula is C9H15NO2S2. The lowest BCUT2D eigenvalue weighted by Gasteiger charge is -2.16. The summed E-state index contributed by atoms with van der Waals surface area (Å²) in [6.45, 7) is 7.96. The summed E-state index contributed by atoms with van der Waals surface area (Å²) in [6.07, 6.45) is 2.07. The predicted octanol–water partition coefficient (Wildman–Crippen LogP) is 3.39. The van der Waals surface area contributed by atoms with Crippen molar-refractivity contribution in [3.05, 3.63) is 11.3 Å². The van der Waals surface area contributed by atoms with Crippen molar-refractivity contribution >= 4 is 26.8 Å². The van der Waals surface area contributed by atoms with Crippen LogP contribution < -0.4 is 0 Å². The summed E-state index contributed by atoms with van der Waals surface area (Å²) in [5.74, 6) is 0. The molecule has 0 aromatic rings. The quantitative estimate of drug-likeness (QED) is 0.699. The van der Waals surface area contributed by atoms with Crippen molar-refractivity contribution in [2.24, 2.45) is 4.99 Å². The third-order valence-electron chi connectivity index (χ3n) is 1.16. The van der Waals surface area contributed by atoms with E-state index in [0.29, 0.717) is 5.23 Å². The van der Waals surface area contributed by atoms with Crippen LogP contribution in [0.2, 0.25) is 0 Å². The van der Waals surface area contributed by atoms with Crippen molar-refractivity contribution in [3.8, 4) is 0 Å². The Morgan fingerprint density at radius 3 is 2.14 bits per heavy atom. The van der Waals surface area contributed by atoms with Gasteiger partial charge in [-0.05, 0) is 38.5 Å². The van der Waals surface area contributed by atoms with Gasteiger partial charge in [0.2, 0.25) is 0 Å². The highest BCUT2D eigenvalue weighted by Crippen LogP contribution is 2.36. The van der Waals surface area contributed by atoms with Crippen molar-refractivity contribution in [3.63, 3.8) is 0 Å². The monoisotopic (exact) mass is 233 g/mol. The van der Waals surface area contributed by atoms with E-state index >= 15 is 0 Å². The third kappa shape index (κ3) is 4.28. The zero-order valence-electron chi connectivity index (χ0n) is 8.81. The Balaban J connectivity index is 2.46. The van der Waals surface area contributed by atoms with Gasteiger partial charge in [0.25, 0.3) is 5.23 Å². The molecule has 1 heterocycles. The Morgan fingerprint density at radius 2 is 1.71 bits per heavy atom. The van der Waals surface area contributed by atoms with E-state index in [1.54, 1.807) is 17.0 Å². The van der Waals surface area contributed by atoms with E-state index in [9.17, 15) is 0 Å². The molecule has 5 heteroatoms. The molecule has 0 unspecified atom stereocenters. The standard InChI is InChI=1S/C9H15NO2S2/c1-6(2)11-8-5-10-9(14-13-8)12-7(3)4/h5-7H,1-4H3. The Morgan fingerprint density at radius 1 is 1.07 bits per heavy atom. The van der Waals surface area contributed by atoms with Crippen LogP contribution in [0.1, 0.15) is 27.7 Å². The second kappa shape index (κ2) is 5.56. The van der Waals surface area contributed by atoms with E-state index in [4.69, 9.17) is 9.47 Å². The van der Waals surface area contributed by atoms with Gasteiger partial charge in [-0.1, -0.05) is 0 Å². The van der Waals surface area contributed by atoms with Crippen molar-refractivity contribution in [2.75, 3.05) is 0 Å². The van der Waals surface area contributed by atoms with E-state index in [1.165, 1.54) is 10.8 Å². The second-order valence-electron chi connectivity index (χ2n) is 3.34. The van der Waals surface area contributed by atoms with E-state index in [2.05, 4.69) is 4.99 Å². The van der Waals surface area contributed by atoms with Crippen molar-refractivity contribution in [1.29, 1.82) is 0 Å². The Hall–Kier alpha value is -0.290. The summed E-state index contributed by atoms with van der Waals surface area (Å²) in [5, 5.41) is 1.53. The molecule has 80 valence electrons. The Kier molecular flexibility index (Phi) is 4.68. The highest BCUT2D eigenvalue weighted by molar-refractivity contribution is 8.83. The van der Waals surface area contributed by atoms with Crippen LogP contribution in [-0.2, 0) is 9.47 Å². The molecule has 1 aliphatic heterocycles. The maximum absolute atomic E-state index is 5.49. The van der Waals surface area contributed by atoms with Crippen molar-refractivity contribution < 1.29 is 9.47 Å². The van der Waals surface area contributed by atoms with Gasteiger partial charge < -0.3 is 9.47 Å². The van der Waals surface area contributed by atoms with Crippen LogP contribution >= 0.6 is 21.6 Å². The van der Waals surface area contributed by atoms with Gasteiger partial charge in [0, 0.05) is 10.8 Å². The maximum atomic E-state index is 5.49. The summed E-state index contributed by atoms with van der Waals surface area (Å²) in [7, 11) is 3.03. The Labute approximate surface area is 92.7 Å². The first-order valence-corrected chi connectivity index (χ1v) is 6.68. The van der Waals surface area contributed by atoms with Gasteiger partial charge in [-0.3, -0.25) is 0 Å². The van der Waals surface area contributed by atoms with Crippen LogP contribution in [0.3, 0.4) is 0 Å². The molecule has 0 bridgehead atoms. The molecule has 14 heavy (non-hydrogen) atoms. The number of rotatable bonds is 3. The van der Waals surface area contributed by atoms with Gasteiger partial charge in [-0.2, -0.15) is 0 Å². The fourth-order valence-corrected chi connectivity index (χ4v) is 2.52. The number of hydrogen-bond acceptors (Lipinski definition) is 5. The molecule has 0 aliphatic carbocycles. The predicted molar refractivity (Wildman–Crippen MR) is 63.1 cm³/mol. The van der Waals surface area contributed by atoms with Gasteiger partial charge in [-0.15, -0.1) is 0 Å². The normalized spacial score (nSPS) is 16.7. The van der Waals surface area contributed by atoms with E-state index in [-0.39, 0.29) is 12.2 Å². The van der Waals surface area contributed by atoms with E-state index in [1.807, 2.05) is 27.7 Å². The molecule has 0 N–H and O–H groups in total. The molecule has 0 aromatic carbocycles. The molecule has 0 aromatic heterocycles. The van der Waals surface area contributed by atoms with Crippen LogP contribution in [-0.4, -0.2) is 17.4 Å². The largest absolute Gasteiger partial charge is 0.482 e. The zero-order chi connectivity index (χ0) is 10.6. The highest BCUT2D eigenvalue weighted by Gasteiger charge is 2.13. The maximum Gasteiger partial charge on any atom is 0.262 e. The second-order valence-corrected chi connectivity index (χ2v) is 5.43. The van der Waals surface area contributed by atoms with Crippen LogP contribution in [0, 0.1) is 0 Å². The molecule has 0 saturated heterocycles. The van der Waals surface area contributed by atoms with Crippen LogP contribution in [0.4, 0.5) is 0 Å². The summed E-state index contributed by atoms with van der Waals surface area (Å²) >= 11 is 0. The number of aliphatic imine (C=N–C) groups is 1. The first-order valence-electron chi connectivity index (χ1n) is 4.53. The van der Waals surface area contributed by atoms with Crippen LogP contribution in [0.5, 0.6) is 0 Å². The summed E-state index contributed by atoms with van der Waals surface area (Å²) in [4.78, 5) is 4.15. The lowest BCUT2D eigenvalue weighted by Crippen LogP contribution is -2.09. The molecule has 3 nitrogen and oxygen atoms in total. The van der Waals surface area contributed by atoms with Gasteiger partial charge in [0.15, 0.2) is 5.09 Å². The minimum atomic E-state index is 0.169. The highest BCUT2D eigenvalue weighted by atomic mass is 33.1. The van der Waals surface area contributed by atoms with Gasteiger partial charge in [0.1, 0.15) is 0 Å². The fourth-order valence-electron chi connectivity index (χ4n) is 0.759. The van der Waals surface area contributed by atoms with Gasteiger partial charge in [0.05, 0.1) is 18.4 Å². The molecule has 0 amide bonds. The lowest BCUT2D eigenvalue weighted by atomic mass is 10.5. The minimum absolute atomic E-state index is 0.169. The average Bonchev–Trinajstić information content (AvgIpc) is 2.06. The number of ether oxygens (including phenoxy) is 2. The third-order valence-corrected chi connectivity index (χ3v) is 3.12. The first-order chi connectivity index (χ1) is 6.58. The van der Waals surface area contributed by atoms with Crippen LogP contribution in [0.25, 0.3) is 0 Å². The SMILES string of the molecule is CC(C)OC1=CN=C(OC(C)C)SS1. The summed E-state index contributed by atoms with van der Waals surface area (Å²) in [6, 6.07) is 0.